The number of hydrogen-bond donors (Lipinski definition) is 1. The third-order valence-electron chi connectivity index (χ3n) is 4.96. The number of nitrogens with zero attached hydrogens (tertiary/aromatic N) is 4. The van der Waals surface area contributed by atoms with Crippen LogP contribution in [0.3, 0.4) is 0 Å². The molecule has 0 aliphatic carbocycles. The highest BCUT2D eigenvalue weighted by Gasteiger charge is 2.48. The lowest BCUT2D eigenvalue weighted by molar-refractivity contribution is -0.384. The van der Waals surface area contributed by atoms with Crippen LogP contribution >= 0.6 is 0 Å². The van der Waals surface area contributed by atoms with Gasteiger partial charge in [0.25, 0.3) is 11.5 Å². The van der Waals surface area contributed by atoms with Crippen LogP contribution in [0, 0.1) is 17.0 Å². The lowest BCUT2D eigenvalue weighted by Crippen LogP contribution is -2.31. The Kier molecular flexibility index (Phi) is 5.00. The minimum Gasteiger partial charge on any atom is -0.507 e. The molecule has 0 bridgehead atoms. The summed E-state index contributed by atoms with van der Waals surface area (Å²) in [6.45, 7) is 1.88. The Hall–Kier alpha value is -4.40. The zero-order chi connectivity index (χ0) is 22.1. The lowest BCUT2D eigenvalue weighted by Gasteiger charge is -2.23. The van der Waals surface area contributed by atoms with Crippen molar-refractivity contribution in [1.29, 1.82) is 0 Å². The smallest absolute Gasteiger partial charge is 0.302 e. The van der Waals surface area contributed by atoms with Crippen molar-refractivity contribution in [3.05, 3.63) is 99.4 Å². The van der Waals surface area contributed by atoms with Crippen LogP contribution in [0.25, 0.3) is 5.76 Å². The topological polar surface area (TPSA) is 127 Å². The first-order valence-corrected chi connectivity index (χ1v) is 9.28. The molecule has 1 aliphatic rings. The number of aromatic nitrogens is 2. The van der Waals surface area contributed by atoms with E-state index >= 15 is 0 Å². The molecule has 9 heteroatoms. The van der Waals surface area contributed by atoms with Gasteiger partial charge in [-0.05, 0) is 30.7 Å². The van der Waals surface area contributed by atoms with E-state index in [-0.39, 0.29) is 23.0 Å². The molecule has 4 rings (SSSR count). The number of anilines is 1. The van der Waals surface area contributed by atoms with Gasteiger partial charge in [0.2, 0.25) is 5.95 Å². The van der Waals surface area contributed by atoms with E-state index in [4.69, 9.17) is 0 Å². The maximum Gasteiger partial charge on any atom is 0.302 e. The second-order valence-corrected chi connectivity index (χ2v) is 6.93. The Balaban J connectivity index is 1.92. The average molecular weight is 416 g/mol. The van der Waals surface area contributed by atoms with Gasteiger partial charge < -0.3 is 5.11 Å². The van der Waals surface area contributed by atoms with E-state index in [1.807, 2.05) is 6.92 Å². The van der Waals surface area contributed by atoms with Crippen molar-refractivity contribution < 1.29 is 19.6 Å². The highest BCUT2D eigenvalue weighted by Crippen LogP contribution is 2.41. The summed E-state index contributed by atoms with van der Waals surface area (Å²) in [5.74, 6) is -2.16. The summed E-state index contributed by atoms with van der Waals surface area (Å²) in [4.78, 5) is 45.6. The number of non-ortho nitro benzene ring substituents is 1. The second kappa shape index (κ2) is 7.79. The first kappa shape index (κ1) is 19.9. The molecule has 0 saturated carbocycles. The number of nitro groups is 1. The highest BCUT2D eigenvalue weighted by molar-refractivity contribution is 6.51. The molecule has 154 valence electrons. The van der Waals surface area contributed by atoms with Crippen molar-refractivity contribution in [2.24, 2.45) is 0 Å². The number of Topliss-reactive ketones (excluding diaryl/α,β-unsaturated/α-hetero) is 1. The van der Waals surface area contributed by atoms with Crippen molar-refractivity contribution in [2.75, 3.05) is 4.90 Å². The molecule has 1 fully saturated rings. The van der Waals surface area contributed by atoms with E-state index < -0.39 is 22.7 Å². The van der Waals surface area contributed by atoms with Crippen molar-refractivity contribution in [2.45, 2.75) is 13.0 Å². The number of nitro benzene ring substituents is 1. The minimum atomic E-state index is -1.05. The molecule has 1 N–H and O–H groups in total. The van der Waals surface area contributed by atoms with Gasteiger partial charge in [-0.25, -0.2) is 9.97 Å². The van der Waals surface area contributed by atoms with Crippen LogP contribution in [0.15, 0.2) is 72.6 Å². The Morgan fingerprint density at radius 3 is 2.23 bits per heavy atom. The molecule has 1 saturated heterocycles. The fourth-order valence-corrected chi connectivity index (χ4v) is 3.42. The third kappa shape index (κ3) is 3.52. The number of ketones is 1. The molecule has 31 heavy (non-hydrogen) atoms. The lowest BCUT2D eigenvalue weighted by atomic mass is 9.95. The van der Waals surface area contributed by atoms with Crippen LogP contribution in [0.2, 0.25) is 0 Å². The number of carbonyl (C=O) groups is 2. The summed E-state index contributed by atoms with van der Waals surface area (Å²) in [6.07, 6.45) is 2.85. The Bertz CT molecular complexity index is 1200. The average Bonchev–Trinajstić information content (AvgIpc) is 3.05. The molecule has 0 radical (unpaired) electrons. The SMILES string of the molecule is Cc1ccc(C(O)=C2C(=O)C(=O)N(c3ncccn3)C2c2ccc([N+](=O)[O-])cc2)cc1. The number of amides is 1. The van der Waals surface area contributed by atoms with Crippen LogP contribution in [0.5, 0.6) is 0 Å². The van der Waals surface area contributed by atoms with Crippen LogP contribution < -0.4 is 4.90 Å². The largest absolute Gasteiger partial charge is 0.507 e. The van der Waals surface area contributed by atoms with E-state index in [0.717, 1.165) is 10.5 Å². The monoisotopic (exact) mass is 416 g/mol. The summed E-state index contributed by atoms with van der Waals surface area (Å²) in [7, 11) is 0. The molecule has 3 aromatic rings. The predicted molar refractivity (Wildman–Crippen MR) is 111 cm³/mol. The number of benzene rings is 2. The van der Waals surface area contributed by atoms with Crippen molar-refractivity contribution in [3.63, 3.8) is 0 Å². The first-order valence-electron chi connectivity index (χ1n) is 9.28. The van der Waals surface area contributed by atoms with E-state index in [9.17, 15) is 24.8 Å². The summed E-state index contributed by atoms with van der Waals surface area (Å²) >= 11 is 0. The fraction of sp³-hybridized carbons (Fsp3) is 0.0909. The highest BCUT2D eigenvalue weighted by atomic mass is 16.6. The van der Waals surface area contributed by atoms with Crippen LogP contribution in [-0.4, -0.2) is 31.7 Å². The molecular weight excluding hydrogens is 400 g/mol. The van der Waals surface area contributed by atoms with Gasteiger partial charge in [-0.3, -0.25) is 24.6 Å². The summed E-state index contributed by atoms with van der Waals surface area (Å²) in [6, 6.07) is 12.8. The number of aliphatic hydroxyl groups is 1. The van der Waals surface area contributed by atoms with Gasteiger partial charge in [-0.1, -0.05) is 29.8 Å². The predicted octanol–water partition coefficient (Wildman–Crippen LogP) is 3.32. The summed E-state index contributed by atoms with van der Waals surface area (Å²) in [5, 5.41) is 22.0. The molecule has 1 aromatic heterocycles. The van der Waals surface area contributed by atoms with E-state index in [0.29, 0.717) is 11.1 Å². The number of aryl methyl sites for hydroxylation is 1. The van der Waals surface area contributed by atoms with Crippen molar-refractivity contribution in [3.8, 4) is 0 Å². The molecule has 2 aromatic carbocycles. The quantitative estimate of drug-likeness (QED) is 0.227. The van der Waals surface area contributed by atoms with E-state index in [2.05, 4.69) is 9.97 Å². The molecule has 1 atom stereocenters. The Morgan fingerprint density at radius 2 is 1.65 bits per heavy atom. The number of hydrogen-bond acceptors (Lipinski definition) is 7. The van der Waals surface area contributed by atoms with Crippen LogP contribution in [-0.2, 0) is 9.59 Å². The molecule has 1 aliphatic heterocycles. The van der Waals surface area contributed by atoms with E-state index in [1.165, 1.54) is 36.7 Å². The van der Waals surface area contributed by atoms with Crippen molar-refractivity contribution >= 4 is 29.1 Å². The first-order chi connectivity index (χ1) is 14.9. The maximum absolute atomic E-state index is 13.0. The molecule has 0 spiro atoms. The van der Waals surface area contributed by atoms with Crippen LogP contribution in [0.1, 0.15) is 22.7 Å². The normalized spacial score (nSPS) is 17.7. The van der Waals surface area contributed by atoms with Gasteiger partial charge in [-0.2, -0.15) is 0 Å². The molecular formula is C22H16N4O5. The minimum absolute atomic E-state index is 0.0177. The third-order valence-corrected chi connectivity index (χ3v) is 4.96. The summed E-state index contributed by atoms with van der Waals surface area (Å²) in [5.41, 5.74) is 1.43. The zero-order valence-electron chi connectivity index (χ0n) is 16.3. The van der Waals surface area contributed by atoms with Gasteiger partial charge in [0.05, 0.1) is 16.5 Å². The van der Waals surface area contributed by atoms with Gasteiger partial charge in [0, 0.05) is 30.1 Å². The van der Waals surface area contributed by atoms with Crippen LogP contribution in [0.4, 0.5) is 11.6 Å². The molecule has 1 unspecified atom stereocenters. The Labute approximate surface area is 176 Å². The maximum atomic E-state index is 13.0. The van der Waals surface area contributed by atoms with E-state index in [1.54, 1.807) is 30.3 Å². The van der Waals surface area contributed by atoms with Gasteiger partial charge in [0.15, 0.2) is 0 Å². The number of carbonyl (C=O) groups excluding carboxylic acids is 2. The van der Waals surface area contributed by atoms with Gasteiger partial charge in [-0.15, -0.1) is 0 Å². The summed E-state index contributed by atoms with van der Waals surface area (Å²) < 4.78 is 0. The second-order valence-electron chi connectivity index (χ2n) is 6.93. The molecule has 9 nitrogen and oxygen atoms in total. The van der Waals surface area contributed by atoms with Gasteiger partial charge in [0.1, 0.15) is 5.76 Å². The standard InChI is InChI=1S/C22H16N4O5/c1-13-3-5-15(6-4-13)19(27)17-18(14-7-9-16(10-8-14)26(30)31)25(21(29)20(17)28)22-23-11-2-12-24-22/h2-12,18,27H,1H3. The number of aliphatic hydroxyl groups excluding tert-OH is 1. The van der Waals surface area contributed by atoms with Crippen molar-refractivity contribution in [1.82, 2.24) is 9.97 Å². The molecule has 2 heterocycles. The zero-order valence-corrected chi connectivity index (χ0v) is 16.3. The Morgan fingerprint density at radius 1 is 1.03 bits per heavy atom. The van der Waals surface area contributed by atoms with Gasteiger partial charge >= 0.3 is 5.91 Å². The molecule has 1 amide bonds. The number of rotatable bonds is 4. The fourth-order valence-electron chi connectivity index (χ4n) is 3.42.